The summed E-state index contributed by atoms with van der Waals surface area (Å²) >= 11 is 0. The van der Waals surface area contributed by atoms with E-state index in [0.29, 0.717) is 6.42 Å². The average molecular weight is 265 g/mol. The van der Waals surface area contributed by atoms with Crippen molar-refractivity contribution in [2.75, 3.05) is 0 Å². The number of hydrogen-bond acceptors (Lipinski definition) is 3. The van der Waals surface area contributed by atoms with Crippen molar-refractivity contribution in [2.24, 2.45) is 0 Å². The van der Waals surface area contributed by atoms with Gasteiger partial charge in [0.1, 0.15) is 0 Å². The fraction of sp³-hybridized carbons (Fsp3) is 0.308. The quantitative estimate of drug-likeness (QED) is 0.784. The molecular formula is C13H15NO3S. The highest BCUT2D eigenvalue weighted by molar-refractivity contribution is 7.89. The maximum atomic E-state index is 12.4. The molecule has 0 aliphatic carbocycles. The highest BCUT2D eigenvalue weighted by Crippen LogP contribution is 2.27. The summed E-state index contributed by atoms with van der Waals surface area (Å²) in [7, 11) is -3.75. The first-order chi connectivity index (χ1) is 8.46. The number of sulfonamides is 1. The molecule has 0 aromatic heterocycles. The summed E-state index contributed by atoms with van der Waals surface area (Å²) < 4.78 is 25.7. The van der Waals surface area contributed by atoms with Crippen LogP contribution in [0.2, 0.25) is 0 Å². The van der Waals surface area contributed by atoms with Gasteiger partial charge in [-0.15, -0.1) is 6.58 Å². The van der Waals surface area contributed by atoms with E-state index in [-0.39, 0.29) is 17.2 Å². The minimum Gasteiger partial charge on any atom is -0.274 e. The molecule has 1 aliphatic heterocycles. The highest BCUT2D eigenvalue weighted by atomic mass is 32.2. The second-order valence-corrected chi connectivity index (χ2v) is 6.16. The average Bonchev–Trinajstić information content (AvgIpc) is 2.71. The van der Waals surface area contributed by atoms with Gasteiger partial charge in [-0.05, 0) is 25.5 Å². The standard InChI is InChI=1S/C13H15NO3S/c1-3-11-6-9-13(15)14(11)18(16,17)12-7-4-10(2)5-8-12/h3-5,7-8,11H,1,6,9H2,2H3. The molecule has 1 fully saturated rings. The molecule has 0 bridgehead atoms. The van der Waals surface area contributed by atoms with Gasteiger partial charge in [-0.1, -0.05) is 23.8 Å². The Labute approximate surface area is 107 Å². The third-order valence-corrected chi connectivity index (χ3v) is 4.91. The van der Waals surface area contributed by atoms with Crippen molar-refractivity contribution in [3.63, 3.8) is 0 Å². The van der Waals surface area contributed by atoms with E-state index in [2.05, 4.69) is 6.58 Å². The summed E-state index contributed by atoms with van der Waals surface area (Å²) in [6.07, 6.45) is 2.27. The molecule has 0 saturated carbocycles. The summed E-state index contributed by atoms with van der Waals surface area (Å²) in [4.78, 5) is 11.9. The summed E-state index contributed by atoms with van der Waals surface area (Å²) in [6, 6.07) is 6.06. The molecule has 1 aliphatic rings. The van der Waals surface area contributed by atoms with Crippen molar-refractivity contribution >= 4 is 15.9 Å². The summed E-state index contributed by atoms with van der Waals surface area (Å²) in [5, 5.41) is 0. The first kappa shape index (κ1) is 12.8. The maximum Gasteiger partial charge on any atom is 0.267 e. The molecule has 1 atom stereocenters. The van der Waals surface area contributed by atoms with E-state index in [1.165, 1.54) is 18.2 Å². The molecule has 1 saturated heterocycles. The van der Waals surface area contributed by atoms with Crippen LogP contribution < -0.4 is 0 Å². The van der Waals surface area contributed by atoms with Crippen molar-refractivity contribution in [3.8, 4) is 0 Å². The van der Waals surface area contributed by atoms with E-state index in [4.69, 9.17) is 0 Å². The first-order valence-electron chi connectivity index (χ1n) is 5.73. The Hall–Kier alpha value is -1.62. The zero-order valence-electron chi connectivity index (χ0n) is 10.2. The van der Waals surface area contributed by atoms with Gasteiger partial charge in [0.2, 0.25) is 5.91 Å². The molecule has 4 nitrogen and oxygen atoms in total. The van der Waals surface area contributed by atoms with Crippen molar-refractivity contribution in [2.45, 2.75) is 30.7 Å². The van der Waals surface area contributed by atoms with Crippen molar-refractivity contribution in [3.05, 3.63) is 42.5 Å². The predicted molar refractivity (Wildman–Crippen MR) is 68.4 cm³/mol. The number of benzene rings is 1. The van der Waals surface area contributed by atoms with E-state index in [0.717, 1.165) is 9.87 Å². The number of rotatable bonds is 3. The zero-order valence-corrected chi connectivity index (χ0v) is 11.0. The Kier molecular flexibility index (Phi) is 3.26. The van der Waals surface area contributed by atoms with Crippen LogP contribution >= 0.6 is 0 Å². The molecule has 18 heavy (non-hydrogen) atoms. The molecular weight excluding hydrogens is 250 g/mol. The SMILES string of the molecule is C=CC1CCC(=O)N1S(=O)(=O)c1ccc(C)cc1. The van der Waals surface area contributed by atoms with Crippen LogP contribution in [0.1, 0.15) is 18.4 Å². The van der Waals surface area contributed by atoms with Crippen LogP contribution in [0, 0.1) is 6.92 Å². The van der Waals surface area contributed by atoms with Crippen molar-refractivity contribution in [1.29, 1.82) is 0 Å². The van der Waals surface area contributed by atoms with Crippen LogP contribution in [0.3, 0.4) is 0 Å². The van der Waals surface area contributed by atoms with E-state index in [1.54, 1.807) is 12.1 Å². The van der Waals surface area contributed by atoms with Gasteiger partial charge in [0, 0.05) is 6.42 Å². The number of carbonyl (C=O) groups excluding carboxylic acids is 1. The molecule has 0 radical (unpaired) electrons. The number of nitrogens with zero attached hydrogens (tertiary/aromatic N) is 1. The highest BCUT2D eigenvalue weighted by Gasteiger charge is 2.38. The molecule has 0 spiro atoms. The first-order valence-corrected chi connectivity index (χ1v) is 7.17. The second-order valence-electron chi connectivity index (χ2n) is 4.35. The van der Waals surface area contributed by atoms with Gasteiger partial charge in [-0.2, -0.15) is 0 Å². The molecule has 1 aromatic carbocycles. The molecule has 1 amide bonds. The number of hydrogen-bond donors (Lipinski definition) is 0. The Morgan fingerprint density at radius 1 is 1.33 bits per heavy atom. The van der Waals surface area contributed by atoms with Crippen LogP contribution in [0.4, 0.5) is 0 Å². The van der Waals surface area contributed by atoms with Crippen molar-refractivity contribution < 1.29 is 13.2 Å². The Balaban J connectivity index is 2.44. The van der Waals surface area contributed by atoms with E-state index in [1.807, 2.05) is 6.92 Å². The minimum atomic E-state index is -3.75. The third kappa shape index (κ3) is 2.06. The smallest absolute Gasteiger partial charge is 0.267 e. The Bertz CT molecular complexity index is 575. The lowest BCUT2D eigenvalue weighted by Gasteiger charge is -2.21. The maximum absolute atomic E-state index is 12.4. The summed E-state index contributed by atoms with van der Waals surface area (Å²) in [5.74, 6) is -0.361. The normalized spacial score (nSPS) is 20.2. The zero-order chi connectivity index (χ0) is 13.3. The lowest BCUT2D eigenvalue weighted by atomic mass is 10.2. The van der Waals surface area contributed by atoms with Gasteiger partial charge >= 0.3 is 0 Å². The Morgan fingerprint density at radius 3 is 2.50 bits per heavy atom. The molecule has 0 N–H and O–H groups in total. The summed E-state index contributed by atoms with van der Waals surface area (Å²) in [6.45, 7) is 5.47. The van der Waals surface area contributed by atoms with Crippen molar-refractivity contribution in [1.82, 2.24) is 4.31 Å². The second kappa shape index (κ2) is 4.57. The van der Waals surface area contributed by atoms with Gasteiger partial charge in [-0.25, -0.2) is 12.7 Å². The van der Waals surface area contributed by atoms with Gasteiger partial charge in [0.15, 0.2) is 0 Å². The number of carbonyl (C=O) groups is 1. The van der Waals surface area contributed by atoms with Crippen LogP contribution in [-0.2, 0) is 14.8 Å². The topological polar surface area (TPSA) is 54.5 Å². The fourth-order valence-corrected chi connectivity index (χ4v) is 3.65. The van der Waals surface area contributed by atoms with Gasteiger partial charge in [0.25, 0.3) is 10.0 Å². The van der Waals surface area contributed by atoms with E-state index in [9.17, 15) is 13.2 Å². The lowest BCUT2D eigenvalue weighted by Crippen LogP contribution is -2.37. The van der Waals surface area contributed by atoms with Crippen LogP contribution in [0.25, 0.3) is 0 Å². The van der Waals surface area contributed by atoms with E-state index < -0.39 is 16.1 Å². The molecule has 1 heterocycles. The molecule has 1 unspecified atom stereocenters. The monoisotopic (exact) mass is 265 g/mol. The number of aryl methyl sites for hydroxylation is 1. The number of amides is 1. The molecule has 5 heteroatoms. The van der Waals surface area contributed by atoms with Gasteiger partial charge in [-0.3, -0.25) is 4.79 Å². The summed E-state index contributed by atoms with van der Waals surface area (Å²) in [5.41, 5.74) is 0.974. The van der Waals surface area contributed by atoms with Gasteiger partial charge < -0.3 is 0 Å². The Morgan fingerprint density at radius 2 is 1.94 bits per heavy atom. The largest absolute Gasteiger partial charge is 0.274 e. The van der Waals surface area contributed by atoms with Crippen LogP contribution in [-0.4, -0.2) is 24.7 Å². The lowest BCUT2D eigenvalue weighted by molar-refractivity contribution is -0.124. The predicted octanol–water partition coefficient (Wildman–Crippen LogP) is 1.86. The fourth-order valence-electron chi connectivity index (χ4n) is 2.03. The van der Waals surface area contributed by atoms with Crippen LogP contribution in [0.5, 0.6) is 0 Å². The molecule has 96 valence electrons. The van der Waals surface area contributed by atoms with Gasteiger partial charge in [0.05, 0.1) is 10.9 Å². The van der Waals surface area contributed by atoms with Crippen LogP contribution in [0.15, 0.2) is 41.8 Å². The van der Waals surface area contributed by atoms with E-state index >= 15 is 0 Å². The molecule has 2 rings (SSSR count). The minimum absolute atomic E-state index is 0.148. The third-order valence-electron chi connectivity index (χ3n) is 3.05. The molecule has 1 aromatic rings.